The Morgan fingerprint density at radius 1 is 1.36 bits per heavy atom. The smallest absolute Gasteiger partial charge is 0.303 e. The molecule has 0 aliphatic carbocycles. The summed E-state index contributed by atoms with van der Waals surface area (Å²) in [5.41, 5.74) is 0. The maximum Gasteiger partial charge on any atom is 0.303 e. The van der Waals surface area contributed by atoms with Crippen molar-refractivity contribution < 1.29 is 9.53 Å². The Labute approximate surface area is 87.0 Å². The van der Waals surface area contributed by atoms with Crippen LogP contribution in [0.4, 0.5) is 0 Å². The lowest BCUT2D eigenvalue weighted by Crippen LogP contribution is -2.13. The van der Waals surface area contributed by atoms with Crippen LogP contribution in [0.3, 0.4) is 0 Å². The van der Waals surface area contributed by atoms with E-state index in [4.69, 9.17) is 11.2 Å². The molecule has 0 saturated carbocycles. The number of carbonyl (C=O) groups excluding carboxylic acids is 1. The first-order valence-electron chi connectivity index (χ1n) is 5.34. The number of rotatable bonds is 7. The third kappa shape index (κ3) is 7.67. The lowest BCUT2D eigenvalue weighted by atomic mass is 10.1. The van der Waals surface area contributed by atoms with E-state index in [0.29, 0.717) is 0 Å². The first-order valence-corrected chi connectivity index (χ1v) is 5.34. The van der Waals surface area contributed by atoms with Gasteiger partial charge in [-0.15, -0.1) is 6.42 Å². The molecule has 0 aromatic rings. The number of ether oxygens (including phenoxy) is 1. The predicted octanol–water partition coefficient (Wildman–Crippen LogP) is 2.91. The Balaban J connectivity index is 3.44. The van der Waals surface area contributed by atoms with Gasteiger partial charge in [0.1, 0.15) is 0 Å². The third-order valence-electron chi connectivity index (χ3n) is 2.06. The monoisotopic (exact) mass is 196 g/mol. The van der Waals surface area contributed by atoms with Crippen LogP contribution in [0, 0.1) is 12.3 Å². The molecule has 14 heavy (non-hydrogen) atoms. The van der Waals surface area contributed by atoms with E-state index in [-0.39, 0.29) is 12.1 Å². The van der Waals surface area contributed by atoms with Crippen LogP contribution in [0.1, 0.15) is 52.4 Å². The zero-order valence-corrected chi connectivity index (χ0v) is 9.21. The van der Waals surface area contributed by atoms with Gasteiger partial charge in [-0.05, 0) is 12.8 Å². The molecule has 0 spiro atoms. The highest BCUT2D eigenvalue weighted by atomic mass is 16.5. The van der Waals surface area contributed by atoms with Gasteiger partial charge in [-0.2, -0.15) is 0 Å². The van der Waals surface area contributed by atoms with Crippen LogP contribution in [-0.4, -0.2) is 12.1 Å². The lowest BCUT2D eigenvalue weighted by Gasteiger charge is -2.10. The summed E-state index contributed by atoms with van der Waals surface area (Å²) in [5, 5.41) is 0. The van der Waals surface area contributed by atoms with E-state index in [0.717, 1.165) is 12.8 Å². The van der Waals surface area contributed by atoms with Gasteiger partial charge in [-0.25, -0.2) is 0 Å². The highest BCUT2D eigenvalue weighted by Gasteiger charge is 2.06. The summed E-state index contributed by atoms with van der Waals surface area (Å²) in [6, 6.07) is 0. The molecule has 0 amide bonds. The van der Waals surface area contributed by atoms with Crippen LogP contribution in [0.25, 0.3) is 0 Å². The van der Waals surface area contributed by atoms with E-state index in [9.17, 15) is 4.79 Å². The van der Waals surface area contributed by atoms with Crippen molar-refractivity contribution in [2.24, 2.45) is 0 Å². The highest BCUT2D eigenvalue weighted by Crippen LogP contribution is 2.09. The summed E-state index contributed by atoms with van der Waals surface area (Å²) < 4.78 is 4.93. The van der Waals surface area contributed by atoms with E-state index in [2.05, 4.69) is 12.8 Å². The van der Waals surface area contributed by atoms with Gasteiger partial charge >= 0.3 is 5.97 Å². The van der Waals surface area contributed by atoms with Crippen LogP contribution < -0.4 is 0 Å². The Kier molecular flexibility index (Phi) is 8.02. The van der Waals surface area contributed by atoms with Crippen molar-refractivity contribution in [1.29, 1.82) is 0 Å². The van der Waals surface area contributed by atoms with Gasteiger partial charge in [-0.1, -0.05) is 38.5 Å². The second kappa shape index (κ2) is 8.62. The fourth-order valence-electron chi connectivity index (χ4n) is 1.31. The molecule has 0 rings (SSSR count). The summed E-state index contributed by atoms with van der Waals surface area (Å²) in [6.07, 6.45) is 11.7. The predicted molar refractivity (Wildman–Crippen MR) is 57.8 cm³/mol. The van der Waals surface area contributed by atoms with Crippen LogP contribution in [-0.2, 0) is 9.53 Å². The quantitative estimate of drug-likeness (QED) is 0.355. The SMILES string of the molecule is C#CC(CCCCCCC)OC(C)=O. The Morgan fingerprint density at radius 3 is 2.50 bits per heavy atom. The average molecular weight is 196 g/mol. The van der Waals surface area contributed by atoms with Crippen molar-refractivity contribution in [3.63, 3.8) is 0 Å². The number of esters is 1. The minimum Gasteiger partial charge on any atom is -0.449 e. The first-order chi connectivity index (χ1) is 6.70. The number of terminal acetylenes is 1. The van der Waals surface area contributed by atoms with E-state index in [1.54, 1.807) is 0 Å². The second-order valence-corrected chi connectivity index (χ2v) is 3.47. The van der Waals surface area contributed by atoms with Crippen molar-refractivity contribution in [2.45, 2.75) is 58.5 Å². The fourth-order valence-corrected chi connectivity index (χ4v) is 1.31. The Bertz CT molecular complexity index is 191. The molecular weight excluding hydrogens is 176 g/mol. The van der Waals surface area contributed by atoms with Gasteiger partial charge in [0.15, 0.2) is 6.10 Å². The molecule has 80 valence electrons. The van der Waals surface area contributed by atoms with Crippen LogP contribution in [0.5, 0.6) is 0 Å². The molecular formula is C12H20O2. The molecule has 0 heterocycles. The van der Waals surface area contributed by atoms with Gasteiger partial charge < -0.3 is 4.74 Å². The molecule has 0 saturated heterocycles. The minimum absolute atomic E-state index is 0.290. The van der Waals surface area contributed by atoms with Crippen molar-refractivity contribution in [3.8, 4) is 12.3 Å². The number of hydrogen-bond donors (Lipinski definition) is 0. The van der Waals surface area contributed by atoms with E-state index >= 15 is 0 Å². The number of hydrogen-bond acceptors (Lipinski definition) is 2. The zero-order valence-electron chi connectivity index (χ0n) is 9.21. The largest absolute Gasteiger partial charge is 0.449 e. The van der Waals surface area contributed by atoms with Crippen LogP contribution in [0.15, 0.2) is 0 Å². The normalized spacial score (nSPS) is 11.8. The summed E-state index contributed by atoms with van der Waals surface area (Å²) in [5.74, 6) is 2.19. The zero-order chi connectivity index (χ0) is 10.8. The standard InChI is InChI=1S/C12H20O2/c1-4-6-7-8-9-10-12(5-2)14-11(3)13/h2,12H,4,6-10H2,1,3H3. The van der Waals surface area contributed by atoms with Gasteiger partial charge in [-0.3, -0.25) is 4.79 Å². The van der Waals surface area contributed by atoms with E-state index in [1.807, 2.05) is 0 Å². The molecule has 0 radical (unpaired) electrons. The molecule has 0 N–H and O–H groups in total. The summed E-state index contributed by atoms with van der Waals surface area (Å²) in [7, 11) is 0. The maximum atomic E-state index is 10.6. The number of carbonyl (C=O) groups is 1. The van der Waals surface area contributed by atoms with Gasteiger partial charge in [0.05, 0.1) is 0 Å². The molecule has 2 nitrogen and oxygen atoms in total. The topological polar surface area (TPSA) is 26.3 Å². The molecule has 1 atom stereocenters. The van der Waals surface area contributed by atoms with Crippen molar-refractivity contribution in [2.75, 3.05) is 0 Å². The third-order valence-corrected chi connectivity index (χ3v) is 2.06. The van der Waals surface area contributed by atoms with Gasteiger partial charge in [0.25, 0.3) is 0 Å². The van der Waals surface area contributed by atoms with Crippen molar-refractivity contribution in [1.82, 2.24) is 0 Å². The molecule has 2 heteroatoms. The molecule has 0 aliphatic rings. The molecule has 0 aliphatic heterocycles. The van der Waals surface area contributed by atoms with E-state index < -0.39 is 0 Å². The molecule has 0 aromatic carbocycles. The first kappa shape index (κ1) is 13.0. The highest BCUT2D eigenvalue weighted by molar-refractivity contribution is 5.66. The van der Waals surface area contributed by atoms with Gasteiger partial charge in [0, 0.05) is 6.92 Å². The van der Waals surface area contributed by atoms with Crippen LogP contribution >= 0.6 is 0 Å². The molecule has 0 aromatic heterocycles. The molecule has 1 unspecified atom stereocenters. The minimum atomic E-state index is -0.325. The van der Waals surface area contributed by atoms with Crippen molar-refractivity contribution in [3.05, 3.63) is 0 Å². The Hall–Kier alpha value is -0.970. The molecule has 0 fully saturated rings. The lowest BCUT2D eigenvalue weighted by molar-refractivity contribution is -0.144. The number of unbranched alkanes of at least 4 members (excludes halogenated alkanes) is 4. The maximum absolute atomic E-state index is 10.6. The van der Waals surface area contributed by atoms with Crippen LogP contribution in [0.2, 0.25) is 0 Å². The summed E-state index contributed by atoms with van der Waals surface area (Å²) in [6.45, 7) is 3.57. The fraction of sp³-hybridized carbons (Fsp3) is 0.750. The van der Waals surface area contributed by atoms with Gasteiger partial charge in [0.2, 0.25) is 0 Å². The van der Waals surface area contributed by atoms with E-state index in [1.165, 1.54) is 32.6 Å². The Morgan fingerprint density at radius 2 is 2.00 bits per heavy atom. The second-order valence-electron chi connectivity index (χ2n) is 3.47. The average Bonchev–Trinajstić information content (AvgIpc) is 2.15. The summed E-state index contributed by atoms with van der Waals surface area (Å²) in [4.78, 5) is 10.6. The summed E-state index contributed by atoms with van der Waals surface area (Å²) >= 11 is 0. The molecule has 0 bridgehead atoms. The van der Waals surface area contributed by atoms with Crippen molar-refractivity contribution >= 4 is 5.97 Å².